The number of aryl methyl sites for hydroxylation is 1. The van der Waals surface area contributed by atoms with Gasteiger partial charge in [-0.1, -0.05) is 31.2 Å². The van der Waals surface area contributed by atoms with Gasteiger partial charge >= 0.3 is 0 Å². The van der Waals surface area contributed by atoms with Crippen molar-refractivity contribution >= 4 is 26.4 Å². The third-order valence-electron chi connectivity index (χ3n) is 3.80. The van der Waals surface area contributed by atoms with E-state index < -0.39 is 14.8 Å². The van der Waals surface area contributed by atoms with Crippen molar-refractivity contribution in [2.24, 2.45) is 0 Å². The Balaban J connectivity index is 2.21. The molecule has 0 radical (unpaired) electrons. The van der Waals surface area contributed by atoms with Gasteiger partial charge in [-0.15, -0.1) is 0 Å². The van der Waals surface area contributed by atoms with E-state index in [1.807, 2.05) is 6.92 Å². The Morgan fingerprint density at radius 2 is 1.79 bits per heavy atom. The Morgan fingerprint density at radius 1 is 1.04 bits per heavy atom. The van der Waals surface area contributed by atoms with Crippen LogP contribution in [-0.2, 0) is 16.3 Å². The molecule has 2 aromatic carbocycles. The molecule has 0 N–H and O–H groups in total. The van der Waals surface area contributed by atoms with Crippen molar-refractivity contribution in [3.63, 3.8) is 0 Å². The van der Waals surface area contributed by atoms with Crippen LogP contribution in [0.1, 0.15) is 12.5 Å². The molecule has 0 saturated carbocycles. The fourth-order valence-electron chi connectivity index (χ4n) is 2.60. The second-order valence-corrected chi connectivity index (χ2v) is 7.08. The number of nitro benzene ring substituents is 1. The third kappa shape index (κ3) is 2.63. The predicted octanol–water partition coefficient (Wildman–Crippen LogP) is 3.54. The summed E-state index contributed by atoms with van der Waals surface area (Å²) in [6.07, 6.45) is 0.578. The lowest BCUT2D eigenvalue weighted by atomic mass is 10.2. The molecule has 1 aromatic heterocycles. The molecule has 0 spiro atoms. The highest BCUT2D eigenvalue weighted by Crippen LogP contribution is 2.28. The molecule has 0 fully saturated rings. The van der Waals surface area contributed by atoms with Gasteiger partial charge in [-0.05, 0) is 36.2 Å². The van der Waals surface area contributed by atoms with Crippen LogP contribution < -0.4 is 0 Å². The van der Waals surface area contributed by atoms with E-state index in [-0.39, 0.29) is 21.1 Å². The summed E-state index contributed by atoms with van der Waals surface area (Å²) in [5.74, 6) is 0. The summed E-state index contributed by atoms with van der Waals surface area (Å²) < 4.78 is 25.8. The molecule has 0 amide bonds. The minimum atomic E-state index is -3.79. The van der Waals surface area contributed by atoms with Crippen LogP contribution in [0.3, 0.4) is 0 Å². The van der Waals surface area contributed by atoms with Gasteiger partial charge in [0.15, 0.2) is 5.03 Å². The summed E-state index contributed by atoms with van der Waals surface area (Å²) >= 11 is 0. The number of rotatable bonds is 4. The summed E-state index contributed by atoms with van der Waals surface area (Å²) in [5.41, 5.74) is 0.885. The first-order valence-electron chi connectivity index (χ1n) is 7.32. The van der Waals surface area contributed by atoms with Crippen molar-refractivity contribution in [2.45, 2.75) is 23.3 Å². The molecular formula is C17H14N2O4S. The molecule has 122 valence electrons. The van der Waals surface area contributed by atoms with E-state index in [0.29, 0.717) is 17.4 Å². The number of nitrogens with zero attached hydrogens (tertiary/aromatic N) is 2. The molecule has 24 heavy (non-hydrogen) atoms. The third-order valence-corrected chi connectivity index (χ3v) is 5.55. The number of pyridine rings is 1. The Bertz CT molecular complexity index is 1050. The number of fused-ring (bicyclic) bond motifs is 1. The zero-order valence-corrected chi connectivity index (χ0v) is 13.7. The number of sulfone groups is 1. The zero-order chi connectivity index (χ0) is 17.3. The molecule has 6 nitrogen and oxygen atoms in total. The fourth-order valence-corrected chi connectivity index (χ4v) is 4.11. The van der Waals surface area contributed by atoms with Gasteiger partial charge in [-0.25, -0.2) is 13.4 Å². The summed E-state index contributed by atoms with van der Waals surface area (Å²) in [7, 11) is -3.79. The molecule has 3 rings (SSSR count). The minimum Gasteiger partial charge on any atom is -0.258 e. The van der Waals surface area contributed by atoms with E-state index in [1.54, 1.807) is 30.3 Å². The van der Waals surface area contributed by atoms with Gasteiger partial charge in [-0.2, -0.15) is 0 Å². The lowest BCUT2D eigenvalue weighted by Crippen LogP contribution is -2.07. The first-order valence-corrected chi connectivity index (χ1v) is 8.80. The normalized spacial score (nSPS) is 11.5. The van der Waals surface area contributed by atoms with E-state index in [1.165, 1.54) is 24.3 Å². The SMILES string of the molecule is CCc1ccccc1S(=O)(=O)c1ccc2c([N+](=O)[O-])cccc2n1. The Kier molecular flexibility index (Phi) is 4.02. The summed E-state index contributed by atoms with van der Waals surface area (Å²) in [4.78, 5) is 14.9. The second kappa shape index (κ2) is 6.01. The van der Waals surface area contributed by atoms with Gasteiger partial charge in [-0.3, -0.25) is 10.1 Å². The van der Waals surface area contributed by atoms with Crippen LogP contribution in [-0.4, -0.2) is 18.3 Å². The zero-order valence-electron chi connectivity index (χ0n) is 12.8. The van der Waals surface area contributed by atoms with Gasteiger partial charge in [0.05, 0.1) is 20.7 Å². The van der Waals surface area contributed by atoms with E-state index in [2.05, 4.69) is 4.98 Å². The van der Waals surface area contributed by atoms with Gasteiger partial charge in [0.25, 0.3) is 5.69 Å². The average molecular weight is 342 g/mol. The highest BCUT2D eigenvalue weighted by Gasteiger charge is 2.23. The summed E-state index contributed by atoms with van der Waals surface area (Å²) in [5, 5.41) is 11.3. The topological polar surface area (TPSA) is 90.2 Å². The minimum absolute atomic E-state index is 0.0992. The maximum atomic E-state index is 12.9. The van der Waals surface area contributed by atoms with Crippen LogP contribution in [0.2, 0.25) is 0 Å². The fraction of sp³-hybridized carbons (Fsp3) is 0.118. The van der Waals surface area contributed by atoms with Crippen molar-refractivity contribution in [1.29, 1.82) is 0 Å². The van der Waals surface area contributed by atoms with E-state index >= 15 is 0 Å². The van der Waals surface area contributed by atoms with E-state index in [4.69, 9.17) is 0 Å². The first kappa shape index (κ1) is 16.1. The number of hydrogen-bond acceptors (Lipinski definition) is 5. The number of non-ortho nitro benzene ring substituents is 1. The molecule has 1 heterocycles. The number of aromatic nitrogens is 1. The van der Waals surface area contributed by atoms with Crippen LogP contribution in [0, 0.1) is 10.1 Å². The highest BCUT2D eigenvalue weighted by atomic mass is 32.2. The monoisotopic (exact) mass is 342 g/mol. The second-order valence-electron chi connectivity index (χ2n) is 5.22. The molecule has 0 aliphatic carbocycles. The average Bonchev–Trinajstić information content (AvgIpc) is 2.60. The van der Waals surface area contributed by atoms with Crippen molar-refractivity contribution in [3.05, 3.63) is 70.3 Å². The maximum absolute atomic E-state index is 12.9. The van der Waals surface area contributed by atoms with E-state index in [0.717, 1.165) is 0 Å². The van der Waals surface area contributed by atoms with Crippen molar-refractivity contribution in [2.75, 3.05) is 0 Å². The number of nitro groups is 1. The van der Waals surface area contributed by atoms with Crippen LogP contribution in [0.15, 0.2) is 64.5 Å². The Hall–Kier alpha value is -2.80. The molecule has 0 unspecified atom stereocenters. The molecule has 3 aromatic rings. The largest absolute Gasteiger partial charge is 0.278 e. The van der Waals surface area contributed by atoms with Gasteiger partial charge in [0.1, 0.15) is 0 Å². The molecule has 7 heteroatoms. The van der Waals surface area contributed by atoms with Crippen LogP contribution in [0.4, 0.5) is 5.69 Å². The molecule has 0 aliphatic heterocycles. The van der Waals surface area contributed by atoms with Crippen molar-refractivity contribution in [1.82, 2.24) is 4.98 Å². The summed E-state index contributed by atoms with van der Waals surface area (Å²) in [6, 6.07) is 13.9. The van der Waals surface area contributed by atoms with Crippen LogP contribution in [0.5, 0.6) is 0 Å². The van der Waals surface area contributed by atoms with Gasteiger partial charge in [0.2, 0.25) is 9.84 Å². The quantitative estimate of drug-likeness (QED) is 0.534. The van der Waals surface area contributed by atoms with E-state index in [9.17, 15) is 18.5 Å². The number of benzene rings is 2. The highest BCUT2D eigenvalue weighted by molar-refractivity contribution is 7.91. The lowest BCUT2D eigenvalue weighted by molar-refractivity contribution is -0.383. The number of hydrogen-bond donors (Lipinski definition) is 0. The maximum Gasteiger partial charge on any atom is 0.278 e. The molecular weight excluding hydrogens is 328 g/mol. The molecule has 0 saturated heterocycles. The van der Waals surface area contributed by atoms with Gasteiger partial charge in [0, 0.05) is 6.07 Å². The Morgan fingerprint density at radius 3 is 2.50 bits per heavy atom. The lowest BCUT2D eigenvalue weighted by Gasteiger charge is -2.09. The predicted molar refractivity (Wildman–Crippen MR) is 89.7 cm³/mol. The standard InChI is InChI=1S/C17H14N2O4S/c1-2-12-6-3-4-9-16(12)24(22,23)17-11-10-13-14(18-17)7-5-8-15(13)19(20)21/h3-11H,2H2,1H3. The molecule has 0 bridgehead atoms. The van der Waals surface area contributed by atoms with Crippen LogP contribution in [0.25, 0.3) is 10.9 Å². The van der Waals surface area contributed by atoms with Crippen molar-refractivity contribution in [3.8, 4) is 0 Å². The summed E-state index contributed by atoms with van der Waals surface area (Å²) in [6.45, 7) is 1.88. The molecule has 0 atom stereocenters. The first-order chi connectivity index (χ1) is 11.4. The Labute approximate surface area is 138 Å². The van der Waals surface area contributed by atoms with Crippen molar-refractivity contribution < 1.29 is 13.3 Å². The van der Waals surface area contributed by atoms with Crippen LogP contribution >= 0.6 is 0 Å². The van der Waals surface area contributed by atoms with Gasteiger partial charge < -0.3 is 0 Å². The molecule has 0 aliphatic rings. The smallest absolute Gasteiger partial charge is 0.258 e.